The second-order valence-corrected chi connectivity index (χ2v) is 7.49. The molecular formula is C15H19NO2S. The fourth-order valence-electron chi connectivity index (χ4n) is 2.12. The Morgan fingerprint density at radius 2 is 1.74 bits per heavy atom. The van der Waals surface area contributed by atoms with Gasteiger partial charge in [-0.2, -0.15) is 0 Å². The second-order valence-electron chi connectivity index (χ2n) is 5.08. The van der Waals surface area contributed by atoms with Gasteiger partial charge < -0.3 is 5.73 Å². The number of rotatable bonds is 4. The van der Waals surface area contributed by atoms with Crippen LogP contribution in [0.25, 0.3) is 10.8 Å². The summed E-state index contributed by atoms with van der Waals surface area (Å²) in [6, 6.07) is 13.8. The van der Waals surface area contributed by atoms with Crippen molar-refractivity contribution in [2.24, 2.45) is 5.73 Å². The molecule has 0 saturated heterocycles. The van der Waals surface area contributed by atoms with E-state index in [0.29, 0.717) is 6.42 Å². The first kappa shape index (κ1) is 14.0. The number of fused-ring (bicyclic) bond motifs is 1. The van der Waals surface area contributed by atoms with E-state index in [1.54, 1.807) is 6.92 Å². The summed E-state index contributed by atoms with van der Waals surface area (Å²) >= 11 is 0. The molecule has 2 rings (SSSR count). The Labute approximate surface area is 114 Å². The van der Waals surface area contributed by atoms with E-state index in [1.807, 2.05) is 30.3 Å². The van der Waals surface area contributed by atoms with Gasteiger partial charge in [-0.1, -0.05) is 42.5 Å². The molecule has 19 heavy (non-hydrogen) atoms. The molecule has 0 bridgehead atoms. The van der Waals surface area contributed by atoms with Crippen molar-refractivity contribution < 1.29 is 8.42 Å². The van der Waals surface area contributed by atoms with Crippen molar-refractivity contribution in [3.63, 3.8) is 0 Å². The zero-order valence-electron chi connectivity index (χ0n) is 11.2. The van der Waals surface area contributed by atoms with Gasteiger partial charge in [0, 0.05) is 12.3 Å². The van der Waals surface area contributed by atoms with Crippen molar-refractivity contribution in [1.82, 2.24) is 0 Å². The first-order chi connectivity index (χ1) is 8.88. The lowest BCUT2D eigenvalue weighted by Gasteiger charge is -2.18. The highest BCUT2D eigenvalue weighted by atomic mass is 32.2. The van der Waals surface area contributed by atoms with Crippen LogP contribution in [0.15, 0.2) is 42.5 Å². The van der Waals surface area contributed by atoms with Crippen LogP contribution in [0.1, 0.15) is 12.5 Å². The van der Waals surface area contributed by atoms with Gasteiger partial charge in [0.15, 0.2) is 9.84 Å². The van der Waals surface area contributed by atoms with Crippen LogP contribution in [0.5, 0.6) is 0 Å². The molecule has 0 aliphatic heterocycles. The highest BCUT2D eigenvalue weighted by molar-refractivity contribution is 7.91. The Kier molecular flexibility index (Phi) is 3.92. The normalized spacial score (nSPS) is 15.3. The van der Waals surface area contributed by atoms with E-state index >= 15 is 0 Å². The smallest absolute Gasteiger partial charge is 0.151 e. The van der Waals surface area contributed by atoms with Crippen LogP contribution < -0.4 is 5.73 Å². The minimum absolute atomic E-state index is 0.379. The Morgan fingerprint density at radius 1 is 1.11 bits per heavy atom. The van der Waals surface area contributed by atoms with Gasteiger partial charge in [0.2, 0.25) is 0 Å². The molecule has 102 valence electrons. The summed E-state index contributed by atoms with van der Waals surface area (Å²) in [6.07, 6.45) is 1.80. The number of hydrogen-bond donors (Lipinski definition) is 1. The molecule has 3 nitrogen and oxygen atoms in total. The minimum Gasteiger partial charge on any atom is -0.326 e. The van der Waals surface area contributed by atoms with E-state index in [1.165, 1.54) is 11.6 Å². The first-order valence-electron chi connectivity index (χ1n) is 6.30. The summed E-state index contributed by atoms with van der Waals surface area (Å²) in [5.74, 6) is 0. The minimum atomic E-state index is -3.09. The maximum atomic E-state index is 11.5. The van der Waals surface area contributed by atoms with E-state index in [-0.39, 0.29) is 6.04 Å². The molecule has 0 fully saturated rings. The largest absolute Gasteiger partial charge is 0.326 e. The molecule has 0 spiro atoms. The molecule has 0 amide bonds. The summed E-state index contributed by atoms with van der Waals surface area (Å²) in [4.78, 5) is 0. The third-order valence-electron chi connectivity index (χ3n) is 3.56. The SMILES string of the molecule is CC(C(N)Cc1ccc2ccccc2c1)S(C)(=O)=O. The zero-order valence-corrected chi connectivity index (χ0v) is 12.0. The standard InChI is InChI=1S/C15H19NO2S/c1-11(19(2,17)18)15(16)10-12-7-8-13-5-3-4-6-14(13)9-12/h3-9,11,15H,10,16H2,1-2H3. The number of hydrogen-bond acceptors (Lipinski definition) is 3. The summed E-state index contributed by atoms with van der Waals surface area (Å²) in [7, 11) is -3.09. The fraction of sp³-hybridized carbons (Fsp3) is 0.333. The van der Waals surface area contributed by atoms with Crippen LogP contribution in [0.4, 0.5) is 0 Å². The monoisotopic (exact) mass is 277 g/mol. The lowest BCUT2D eigenvalue weighted by Crippen LogP contribution is -2.39. The van der Waals surface area contributed by atoms with Crippen LogP contribution in [0.3, 0.4) is 0 Å². The maximum absolute atomic E-state index is 11.5. The van der Waals surface area contributed by atoms with Crippen LogP contribution in [0, 0.1) is 0 Å². The molecular weight excluding hydrogens is 258 g/mol. The summed E-state index contributed by atoms with van der Waals surface area (Å²) < 4.78 is 23.0. The lowest BCUT2D eigenvalue weighted by atomic mass is 10.0. The quantitative estimate of drug-likeness (QED) is 0.931. The molecule has 0 aliphatic carbocycles. The molecule has 2 unspecified atom stereocenters. The highest BCUT2D eigenvalue weighted by Gasteiger charge is 2.22. The third-order valence-corrected chi connectivity index (χ3v) is 5.26. The molecule has 2 aromatic carbocycles. The molecule has 0 heterocycles. The van der Waals surface area contributed by atoms with E-state index in [9.17, 15) is 8.42 Å². The molecule has 4 heteroatoms. The number of sulfone groups is 1. The van der Waals surface area contributed by atoms with Gasteiger partial charge in [-0.3, -0.25) is 0 Å². The van der Waals surface area contributed by atoms with Crippen molar-refractivity contribution in [2.75, 3.05) is 6.26 Å². The number of benzene rings is 2. The van der Waals surface area contributed by atoms with Crippen LogP contribution in [-0.2, 0) is 16.3 Å². The average Bonchev–Trinajstić information content (AvgIpc) is 2.36. The third kappa shape index (κ3) is 3.33. The molecule has 2 N–H and O–H groups in total. The summed E-state index contributed by atoms with van der Waals surface area (Å²) in [6.45, 7) is 1.67. The summed E-state index contributed by atoms with van der Waals surface area (Å²) in [5.41, 5.74) is 7.07. The van der Waals surface area contributed by atoms with Gasteiger partial charge in [-0.25, -0.2) is 8.42 Å². The molecule has 2 atom stereocenters. The van der Waals surface area contributed by atoms with Crippen molar-refractivity contribution >= 4 is 20.6 Å². The van der Waals surface area contributed by atoms with Crippen molar-refractivity contribution in [3.05, 3.63) is 48.0 Å². The predicted octanol–water partition coefficient (Wildman–Crippen LogP) is 2.14. The van der Waals surface area contributed by atoms with E-state index in [4.69, 9.17) is 5.73 Å². The molecule has 0 aromatic heterocycles. The molecule has 0 saturated carbocycles. The van der Waals surface area contributed by atoms with Gasteiger partial charge in [0.05, 0.1) is 5.25 Å². The van der Waals surface area contributed by atoms with E-state index < -0.39 is 15.1 Å². The second kappa shape index (κ2) is 5.31. The van der Waals surface area contributed by atoms with Gasteiger partial charge in [-0.05, 0) is 29.7 Å². The molecule has 0 aliphatic rings. The number of nitrogens with two attached hydrogens (primary N) is 1. The van der Waals surface area contributed by atoms with Gasteiger partial charge >= 0.3 is 0 Å². The van der Waals surface area contributed by atoms with Crippen molar-refractivity contribution in [3.8, 4) is 0 Å². The molecule has 0 radical (unpaired) electrons. The average molecular weight is 277 g/mol. The highest BCUT2D eigenvalue weighted by Crippen LogP contribution is 2.17. The fourth-order valence-corrected chi connectivity index (χ4v) is 2.85. The maximum Gasteiger partial charge on any atom is 0.151 e. The van der Waals surface area contributed by atoms with Crippen molar-refractivity contribution in [2.45, 2.75) is 24.6 Å². The van der Waals surface area contributed by atoms with Gasteiger partial charge in [0.25, 0.3) is 0 Å². The Hall–Kier alpha value is -1.39. The van der Waals surface area contributed by atoms with Crippen LogP contribution in [0.2, 0.25) is 0 Å². The van der Waals surface area contributed by atoms with Crippen LogP contribution in [-0.4, -0.2) is 26.0 Å². The van der Waals surface area contributed by atoms with E-state index in [2.05, 4.69) is 12.1 Å². The predicted molar refractivity (Wildman–Crippen MR) is 79.9 cm³/mol. The molecule has 2 aromatic rings. The Morgan fingerprint density at radius 3 is 2.37 bits per heavy atom. The van der Waals surface area contributed by atoms with Gasteiger partial charge in [-0.15, -0.1) is 0 Å². The van der Waals surface area contributed by atoms with Gasteiger partial charge in [0.1, 0.15) is 0 Å². The first-order valence-corrected chi connectivity index (χ1v) is 8.25. The van der Waals surface area contributed by atoms with Crippen molar-refractivity contribution in [1.29, 1.82) is 0 Å². The Balaban J connectivity index is 2.22. The van der Waals surface area contributed by atoms with E-state index in [0.717, 1.165) is 10.9 Å². The zero-order chi connectivity index (χ0) is 14.0. The van der Waals surface area contributed by atoms with Crippen LogP contribution >= 0.6 is 0 Å². The summed E-state index contributed by atoms with van der Waals surface area (Å²) in [5, 5.41) is 1.80. The lowest BCUT2D eigenvalue weighted by molar-refractivity contribution is 0.562. The Bertz CT molecular complexity index is 679. The topological polar surface area (TPSA) is 60.2 Å².